The lowest BCUT2D eigenvalue weighted by molar-refractivity contribution is -0.121. The highest BCUT2D eigenvalue weighted by Gasteiger charge is 2.60. The van der Waals surface area contributed by atoms with Gasteiger partial charge >= 0.3 is 0 Å². The monoisotopic (exact) mass is 244 g/mol. The molecule has 4 heteroatoms. The molecule has 5 atom stereocenters. The molecule has 4 nitrogen and oxygen atoms in total. The molecule has 2 N–H and O–H groups in total. The third-order valence-corrected chi connectivity index (χ3v) is 4.70. The molecule has 1 aromatic rings. The Morgan fingerprint density at radius 1 is 1.17 bits per heavy atom. The van der Waals surface area contributed by atoms with Crippen LogP contribution in [0, 0.1) is 11.8 Å². The van der Waals surface area contributed by atoms with Gasteiger partial charge in [0.15, 0.2) is 0 Å². The molecule has 94 valence electrons. The van der Waals surface area contributed by atoms with Gasteiger partial charge in [-0.2, -0.15) is 0 Å². The van der Waals surface area contributed by atoms with Crippen LogP contribution in [0.15, 0.2) is 30.3 Å². The van der Waals surface area contributed by atoms with Crippen molar-refractivity contribution in [3.63, 3.8) is 0 Å². The molecule has 3 aliphatic rings. The van der Waals surface area contributed by atoms with Crippen LogP contribution in [0.3, 0.4) is 0 Å². The number of para-hydroxylation sites is 1. The van der Waals surface area contributed by atoms with E-state index in [1.807, 2.05) is 30.3 Å². The van der Waals surface area contributed by atoms with E-state index in [2.05, 4.69) is 5.32 Å². The number of hydrogen-bond acceptors (Lipinski definition) is 3. The zero-order chi connectivity index (χ0) is 12.3. The van der Waals surface area contributed by atoms with E-state index in [0.29, 0.717) is 6.04 Å². The van der Waals surface area contributed by atoms with Gasteiger partial charge in [-0.25, -0.2) is 0 Å². The molecule has 0 radical (unpaired) electrons. The number of aliphatic hydroxyl groups is 1. The molecule has 18 heavy (non-hydrogen) atoms. The molecular formula is C14H16N2O2. The highest BCUT2D eigenvalue weighted by atomic mass is 16.3. The number of hydrogen-bond donors (Lipinski definition) is 2. The van der Waals surface area contributed by atoms with Gasteiger partial charge in [-0.3, -0.25) is 9.69 Å². The zero-order valence-corrected chi connectivity index (χ0v) is 9.99. The average Bonchev–Trinajstić information content (AvgIpc) is 3.05. The number of nitrogens with one attached hydrogen (secondary N) is 1. The highest BCUT2D eigenvalue weighted by Crippen LogP contribution is 2.47. The summed E-state index contributed by atoms with van der Waals surface area (Å²) < 4.78 is 0. The van der Waals surface area contributed by atoms with Gasteiger partial charge < -0.3 is 10.4 Å². The molecule has 0 saturated carbocycles. The maximum Gasteiger partial charge on any atom is 0.234 e. The molecule has 2 bridgehead atoms. The van der Waals surface area contributed by atoms with Crippen molar-refractivity contribution >= 4 is 11.6 Å². The van der Waals surface area contributed by atoms with E-state index in [1.54, 1.807) is 4.90 Å². The third kappa shape index (κ3) is 1.19. The van der Waals surface area contributed by atoms with E-state index in [1.165, 1.54) is 0 Å². The Balaban J connectivity index is 1.73. The fraction of sp³-hybridized carbons (Fsp3) is 0.500. The second-order valence-corrected chi connectivity index (χ2v) is 5.52. The number of amides is 1. The zero-order valence-electron chi connectivity index (χ0n) is 9.99. The normalized spacial score (nSPS) is 41.5. The fourth-order valence-electron chi connectivity index (χ4n) is 3.97. The number of anilines is 1. The highest BCUT2D eigenvalue weighted by molar-refractivity contribution is 5.99. The lowest BCUT2D eigenvalue weighted by Crippen LogP contribution is -2.40. The number of rotatable bonds is 1. The van der Waals surface area contributed by atoms with Gasteiger partial charge in [-0.1, -0.05) is 18.2 Å². The summed E-state index contributed by atoms with van der Waals surface area (Å²) in [5.41, 5.74) is 0.809. The first-order chi connectivity index (χ1) is 8.77. The first-order valence-corrected chi connectivity index (χ1v) is 6.59. The number of carbonyl (C=O) groups is 1. The Hall–Kier alpha value is -1.39. The van der Waals surface area contributed by atoms with Crippen LogP contribution in [-0.2, 0) is 4.79 Å². The summed E-state index contributed by atoms with van der Waals surface area (Å²) in [7, 11) is 0. The molecule has 3 aliphatic heterocycles. The predicted octanol–water partition coefficient (Wildman–Crippen LogP) is 0.718. The van der Waals surface area contributed by atoms with Crippen molar-refractivity contribution in [2.75, 3.05) is 4.90 Å². The van der Waals surface area contributed by atoms with Gasteiger partial charge in [-0.15, -0.1) is 0 Å². The number of aliphatic hydroxyl groups excluding tert-OH is 1. The number of fused-ring (bicyclic) bond motifs is 5. The van der Waals surface area contributed by atoms with Gasteiger partial charge in [-0.05, 0) is 25.0 Å². The van der Waals surface area contributed by atoms with Crippen LogP contribution in [-0.4, -0.2) is 29.3 Å². The molecule has 3 fully saturated rings. The first-order valence-electron chi connectivity index (χ1n) is 6.59. The van der Waals surface area contributed by atoms with Gasteiger partial charge in [0.2, 0.25) is 5.91 Å². The molecule has 0 aliphatic carbocycles. The molecule has 3 saturated heterocycles. The average molecular weight is 244 g/mol. The minimum atomic E-state index is -0.673. The second kappa shape index (κ2) is 3.56. The van der Waals surface area contributed by atoms with Crippen LogP contribution in [0.25, 0.3) is 0 Å². The van der Waals surface area contributed by atoms with Crippen LogP contribution < -0.4 is 10.2 Å². The second-order valence-electron chi connectivity index (χ2n) is 5.52. The molecule has 1 aromatic carbocycles. The smallest absolute Gasteiger partial charge is 0.234 e. The minimum Gasteiger partial charge on any atom is -0.373 e. The van der Waals surface area contributed by atoms with E-state index in [9.17, 15) is 9.90 Å². The fourth-order valence-corrected chi connectivity index (χ4v) is 3.97. The van der Waals surface area contributed by atoms with Gasteiger partial charge in [0.05, 0.1) is 5.92 Å². The van der Waals surface area contributed by atoms with Gasteiger partial charge in [0.25, 0.3) is 0 Å². The summed E-state index contributed by atoms with van der Waals surface area (Å²) in [4.78, 5) is 14.1. The molecule has 5 unspecified atom stereocenters. The van der Waals surface area contributed by atoms with Crippen molar-refractivity contribution in [2.24, 2.45) is 11.8 Å². The maximum absolute atomic E-state index is 12.5. The van der Waals surface area contributed by atoms with E-state index in [-0.39, 0.29) is 23.8 Å². The van der Waals surface area contributed by atoms with E-state index < -0.39 is 6.23 Å². The van der Waals surface area contributed by atoms with Crippen LogP contribution in [0.2, 0.25) is 0 Å². The van der Waals surface area contributed by atoms with Crippen LogP contribution in [0.1, 0.15) is 12.8 Å². The van der Waals surface area contributed by atoms with Gasteiger partial charge in [0.1, 0.15) is 6.23 Å². The van der Waals surface area contributed by atoms with Crippen molar-refractivity contribution < 1.29 is 9.90 Å². The standard InChI is InChI=1S/C14H16N2O2/c17-13-11-9-6-7-10(15-9)12(11)14(18)16(13)8-4-2-1-3-5-8/h1-5,9-13,15,17H,6-7H2. The molecule has 1 amide bonds. The molecule has 0 aromatic heterocycles. The summed E-state index contributed by atoms with van der Waals surface area (Å²) in [6.45, 7) is 0. The van der Waals surface area contributed by atoms with E-state index >= 15 is 0 Å². The Morgan fingerprint density at radius 2 is 1.89 bits per heavy atom. The lowest BCUT2D eigenvalue weighted by atomic mass is 9.81. The first kappa shape index (κ1) is 10.5. The van der Waals surface area contributed by atoms with Crippen LogP contribution in [0.5, 0.6) is 0 Å². The molecule has 3 heterocycles. The Kier molecular flexibility index (Phi) is 2.08. The topological polar surface area (TPSA) is 52.6 Å². The van der Waals surface area contributed by atoms with Crippen LogP contribution >= 0.6 is 0 Å². The number of benzene rings is 1. The Morgan fingerprint density at radius 3 is 2.61 bits per heavy atom. The summed E-state index contributed by atoms with van der Waals surface area (Å²) >= 11 is 0. The number of nitrogens with zero attached hydrogens (tertiary/aromatic N) is 1. The quantitative estimate of drug-likeness (QED) is 0.765. The van der Waals surface area contributed by atoms with Crippen molar-refractivity contribution in [1.29, 1.82) is 0 Å². The van der Waals surface area contributed by atoms with Gasteiger partial charge in [0, 0.05) is 23.7 Å². The predicted molar refractivity (Wildman–Crippen MR) is 66.9 cm³/mol. The summed E-state index contributed by atoms with van der Waals surface area (Å²) in [6, 6.07) is 10.1. The molecular weight excluding hydrogens is 228 g/mol. The Labute approximate surface area is 106 Å². The summed E-state index contributed by atoms with van der Waals surface area (Å²) in [5.74, 6) is 0.119. The van der Waals surface area contributed by atoms with Crippen LogP contribution in [0.4, 0.5) is 5.69 Å². The number of carbonyl (C=O) groups excluding carboxylic acids is 1. The van der Waals surface area contributed by atoms with Crippen molar-refractivity contribution in [1.82, 2.24) is 5.32 Å². The van der Waals surface area contributed by atoms with Crippen molar-refractivity contribution in [2.45, 2.75) is 31.2 Å². The van der Waals surface area contributed by atoms with E-state index in [0.717, 1.165) is 18.5 Å². The largest absolute Gasteiger partial charge is 0.373 e. The maximum atomic E-state index is 12.5. The third-order valence-electron chi connectivity index (χ3n) is 4.70. The van der Waals surface area contributed by atoms with Crippen molar-refractivity contribution in [3.8, 4) is 0 Å². The Bertz CT molecular complexity index is 490. The summed E-state index contributed by atoms with van der Waals surface area (Å²) in [6.07, 6.45) is 1.47. The minimum absolute atomic E-state index is 0.0287. The lowest BCUT2D eigenvalue weighted by Gasteiger charge is -2.25. The molecule has 4 rings (SSSR count). The van der Waals surface area contributed by atoms with E-state index in [4.69, 9.17) is 0 Å². The SMILES string of the molecule is O=C1C2C3CCC(N3)C2C(O)N1c1ccccc1. The summed E-state index contributed by atoms with van der Waals surface area (Å²) in [5, 5.41) is 13.9. The molecule has 0 spiro atoms. The van der Waals surface area contributed by atoms with Crippen molar-refractivity contribution in [3.05, 3.63) is 30.3 Å².